The molecule has 104 valence electrons. The Kier molecular flexibility index (Phi) is 4.56. The highest BCUT2D eigenvalue weighted by Gasteiger charge is 2.38. The number of hydrogen-bond donors (Lipinski definition) is 2. The summed E-state index contributed by atoms with van der Waals surface area (Å²) in [6, 6.07) is 7.97. The number of nitrogens with one attached hydrogen (secondary N) is 1. The first-order chi connectivity index (χ1) is 9.17. The number of hydrogen-bond acceptors (Lipinski definition) is 3. The molecule has 4 nitrogen and oxygen atoms in total. The molecule has 0 unspecified atom stereocenters. The maximum atomic E-state index is 11.9. The number of amides is 1. The van der Waals surface area contributed by atoms with Crippen molar-refractivity contribution in [2.75, 3.05) is 7.11 Å². The minimum absolute atomic E-state index is 0.0553. The molecular weight excluding hydrogens is 240 g/mol. The van der Waals surface area contributed by atoms with Crippen LogP contribution in [0.5, 0.6) is 0 Å². The Labute approximate surface area is 114 Å². The van der Waals surface area contributed by atoms with Gasteiger partial charge in [-0.05, 0) is 30.4 Å². The lowest BCUT2D eigenvalue weighted by Crippen LogP contribution is -2.43. The van der Waals surface area contributed by atoms with Crippen LogP contribution in [0.2, 0.25) is 0 Å². The van der Waals surface area contributed by atoms with Crippen molar-refractivity contribution in [3.8, 4) is 0 Å². The molecule has 1 saturated carbocycles. The maximum absolute atomic E-state index is 11.9. The van der Waals surface area contributed by atoms with Gasteiger partial charge in [0.2, 0.25) is 5.91 Å². The molecule has 0 radical (unpaired) electrons. The second-order valence-electron chi connectivity index (χ2n) is 5.22. The zero-order chi connectivity index (χ0) is 13.7. The predicted molar refractivity (Wildman–Crippen MR) is 74.4 cm³/mol. The van der Waals surface area contributed by atoms with Gasteiger partial charge in [0.1, 0.15) is 0 Å². The van der Waals surface area contributed by atoms with E-state index in [9.17, 15) is 4.79 Å². The van der Waals surface area contributed by atoms with Gasteiger partial charge >= 0.3 is 0 Å². The Balaban J connectivity index is 1.82. The lowest BCUT2D eigenvalue weighted by molar-refractivity contribution is -0.134. The monoisotopic (exact) mass is 262 g/mol. The first-order valence-corrected chi connectivity index (χ1v) is 6.77. The summed E-state index contributed by atoms with van der Waals surface area (Å²) in [6.07, 6.45) is 3.58. The Hall–Kier alpha value is -1.39. The normalized spacial score (nSPS) is 16.7. The van der Waals surface area contributed by atoms with E-state index in [2.05, 4.69) is 5.32 Å². The number of carbonyl (C=O) groups excluding carboxylic acids is 1. The number of rotatable bonds is 6. The molecule has 0 aliphatic heterocycles. The highest BCUT2D eigenvalue weighted by atomic mass is 16.5. The van der Waals surface area contributed by atoms with Crippen molar-refractivity contribution in [3.05, 3.63) is 35.4 Å². The van der Waals surface area contributed by atoms with Crippen molar-refractivity contribution in [3.63, 3.8) is 0 Å². The molecule has 0 spiro atoms. The van der Waals surface area contributed by atoms with E-state index in [1.807, 2.05) is 24.3 Å². The molecule has 0 atom stereocenters. The van der Waals surface area contributed by atoms with Crippen LogP contribution in [0.25, 0.3) is 0 Å². The Morgan fingerprint density at radius 2 is 2.16 bits per heavy atom. The van der Waals surface area contributed by atoms with Gasteiger partial charge in [0.05, 0.1) is 12.0 Å². The Morgan fingerprint density at radius 3 is 2.74 bits per heavy atom. The van der Waals surface area contributed by atoms with Crippen LogP contribution in [0.3, 0.4) is 0 Å². The van der Waals surface area contributed by atoms with Crippen LogP contribution in [0.15, 0.2) is 24.3 Å². The van der Waals surface area contributed by atoms with Crippen molar-refractivity contribution in [1.29, 1.82) is 0 Å². The van der Waals surface area contributed by atoms with E-state index in [1.165, 1.54) is 0 Å². The highest BCUT2D eigenvalue weighted by Crippen LogP contribution is 2.37. The molecule has 1 aromatic rings. The van der Waals surface area contributed by atoms with Gasteiger partial charge in [-0.2, -0.15) is 0 Å². The predicted octanol–water partition coefficient (Wildman–Crippen LogP) is 1.72. The first-order valence-electron chi connectivity index (χ1n) is 6.77. The van der Waals surface area contributed by atoms with Gasteiger partial charge in [-0.1, -0.05) is 24.3 Å². The smallest absolute Gasteiger partial charge is 0.223 e. The molecule has 19 heavy (non-hydrogen) atoms. The van der Waals surface area contributed by atoms with Crippen LogP contribution in [-0.2, 0) is 22.6 Å². The maximum Gasteiger partial charge on any atom is 0.223 e. The van der Waals surface area contributed by atoms with Crippen LogP contribution in [-0.4, -0.2) is 18.6 Å². The molecule has 1 aliphatic rings. The molecule has 0 heterocycles. The topological polar surface area (TPSA) is 64.3 Å². The van der Waals surface area contributed by atoms with E-state index in [4.69, 9.17) is 10.5 Å². The zero-order valence-corrected chi connectivity index (χ0v) is 11.4. The van der Waals surface area contributed by atoms with Crippen LogP contribution < -0.4 is 11.1 Å². The van der Waals surface area contributed by atoms with Gasteiger partial charge in [0, 0.05) is 20.2 Å². The summed E-state index contributed by atoms with van der Waals surface area (Å²) in [5.74, 6) is 0.0553. The molecule has 0 saturated heterocycles. The zero-order valence-electron chi connectivity index (χ0n) is 11.4. The summed E-state index contributed by atoms with van der Waals surface area (Å²) < 4.78 is 5.46. The molecule has 2 rings (SSSR count). The first kappa shape index (κ1) is 14.0. The van der Waals surface area contributed by atoms with E-state index in [1.54, 1.807) is 7.11 Å². The second-order valence-corrected chi connectivity index (χ2v) is 5.22. The van der Waals surface area contributed by atoms with Gasteiger partial charge in [-0.3, -0.25) is 4.79 Å². The van der Waals surface area contributed by atoms with E-state index < -0.39 is 0 Å². The van der Waals surface area contributed by atoms with Gasteiger partial charge in [-0.15, -0.1) is 0 Å². The Bertz CT molecular complexity index is 436. The number of methoxy groups -OCH3 is 1. The highest BCUT2D eigenvalue weighted by molar-refractivity contribution is 5.77. The van der Waals surface area contributed by atoms with Crippen molar-refractivity contribution in [2.24, 2.45) is 5.73 Å². The van der Waals surface area contributed by atoms with Gasteiger partial charge in [0.15, 0.2) is 0 Å². The second kappa shape index (κ2) is 6.17. The number of benzene rings is 1. The molecule has 0 aromatic heterocycles. The summed E-state index contributed by atoms with van der Waals surface area (Å²) in [7, 11) is 1.69. The molecule has 1 amide bonds. The average Bonchev–Trinajstić information content (AvgIpc) is 2.41. The molecular formula is C15H22N2O2. The molecule has 1 aromatic carbocycles. The Morgan fingerprint density at radius 1 is 1.42 bits per heavy atom. The minimum atomic E-state index is -0.205. The largest absolute Gasteiger partial charge is 0.378 e. The molecule has 1 fully saturated rings. The summed E-state index contributed by atoms with van der Waals surface area (Å²) in [5, 5.41) is 2.95. The van der Waals surface area contributed by atoms with Crippen molar-refractivity contribution in [2.45, 2.75) is 44.4 Å². The number of ether oxygens (including phenoxy) is 1. The van der Waals surface area contributed by atoms with Gasteiger partial charge in [-0.25, -0.2) is 0 Å². The summed E-state index contributed by atoms with van der Waals surface area (Å²) in [4.78, 5) is 11.9. The summed E-state index contributed by atoms with van der Waals surface area (Å²) >= 11 is 0. The number of nitrogens with two attached hydrogens (primary N) is 1. The minimum Gasteiger partial charge on any atom is -0.378 e. The van der Waals surface area contributed by atoms with Crippen molar-refractivity contribution < 1.29 is 9.53 Å². The van der Waals surface area contributed by atoms with Crippen molar-refractivity contribution >= 4 is 5.91 Å². The third-order valence-corrected chi connectivity index (χ3v) is 3.90. The fourth-order valence-corrected chi connectivity index (χ4v) is 2.45. The van der Waals surface area contributed by atoms with Crippen LogP contribution in [0, 0.1) is 0 Å². The molecule has 0 bridgehead atoms. The van der Waals surface area contributed by atoms with E-state index in [0.29, 0.717) is 19.5 Å². The van der Waals surface area contributed by atoms with E-state index in [0.717, 1.165) is 30.4 Å². The molecule has 1 aliphatic carbocycles. The summed E-state index contributed by atoms with van der Waals surface area (Å²) in [6.45, 7) is 1.07. The third-order valence-electron chi connectivity index (χ3n) is 3.90. The van der Waals surface area contributed by atoms with E-state index >= 15 is 0 Å². The number of carbonyl (C=O) groups is 1. The summed E-state index contributed by atoms with van der Waals surface area (Å²) in [5.41, 5.74) is 7.56. The lowest BCUT2D eigenvalue weighted by atomic mass is 9.77. The van der Waals surface area contributed by atoms with Crippen LogP contribution in [0.1, 0.15) is 36.8 Å². The average molecular weight is 262 g/mol. The van der Waals surface area contributed by atoms with Gasteiger partial charge < -0.3 is 15.8 Å². The van der Waals surface area contributed by atoms with Gasteiger partial charge in [0.25, 0.3) is 0 Å². The lowest BCUT2D eigenvalue weighted by Gasteiger charge is -2.39. The standard InChI is InChI=1S/C15H22N2O2/c1-19-15(6-3-7-15)9-14(18)17-11-13-5-2-4-12(8-13)10-16/h2,4-5,8H,3,6-7,9-11,16H2,1H3,(H,17,18). The fourth-order valence-electron chi connectivity index (χ4n) is 2.45. The van der Waals surface area contributed by atoms with Crippen LogP contribution in [0.4, 0.5) is 0 Å². The molecule has 4 heteroatoms. The quantitative estimate of drug-likeness (QED) is 0.820. The van der Waals surface area contributed by atoms with Crippen LogP contribution >= 0.6 is 0 Å². The molecule has 3 N–H and O–H groups in total. The van der Waals surface area contributed by atoms with Crippen molar-refractivity contribution in [1.82, 2.24) is 5.32 Å². The SMILES string of the molecule is COC1(CC(=O)NCc2cccc(CN)c2)CCC1. The fraction of sp³-hybridized carbons (Fsp3) is 0.533. The third kappa shape index (κ3) is 3.55. The van der Waals surface area contributed by atoms with E-state index in [-0.39, 0.29) is 11.5 Å².